The highest BCUT2D eigenvalue weighted by molar-refractivity contribution is 5.89. The van der Waals surface area contributed by atoms with Crippen molar-refractivity contribution < 1.29 is 9.59 Å². The topological polar surface area (TPSA) is 46.2 Å². The second kappa shape index (κ2) is 6.06. The van der Waals surface area contributed by atoms with Gasteiger partial charge in [0.1, 0.15) is 5.78 Å². The normalized spacial score (nSPS) is 50.3. The molecule has 0 saturated heterocycles. The maximum Gasteiger partial charge on any atom is 0.244 e. The van der Waals surface area contributed by atoms with Crippen molar-refractivity contribution in [1.29, 1.82) is 0 Å². The van der Waals surface area contributed by atoms with Crippen molar-refractivity contribution in [1.82, 2.24) is 5.32 Å². The van der Waals surface area contributed by atoms with Crippen molar-refractivity contribution >= 4 is 11.7 Å². The van der Waals surface area contributed by atoms with Crippen molar-refractivity contribution in [2.24, 2.45) is 34.5 Å². The molecule has 3 heteroatoms. The van der Waals surface area contributed by atoms with Gasteiger partial charge in [0.15, 0.2) is 0 Å². The highest BCUT2D eigenvalue weighted by atomic mass is 16.1. The predicted molar refractivity (Wildman–Crippen MR) is 111 cm³/mol. The zero-order valence-corrected chi connectivity index (χ0v) is 17.7. The van der Waals surface area contributed by atoms with Gasteiger partial charge < -0.3 is 5.32 Å². The number of ketones is 1. The Balaban J connectivity index is 1.45. The van der Waals surface area contributed by atoms with Crippen LogP contribution >= 0.6 is 0 Å². The smallest absolute Gasteiger partial charge is 0.244 e. The monoisotopic (exact) mass is 381 g/mol. The van der Waals surface area contributed by atoms with Gasteiger partial charge in [-0.1, -0.05) is 31.6 Å². The van der Waals surface area contributed by atoms with E-state index in [2.05, 4.69) is 38.2 Å². The zero-order chi connectivity index (χ0) is 19.7. The van der Waals surface area contributed by atoms with Crippen LogP contribution in [0.2, 0.25) is 0 Å². The van der Waals surface area contributed by atoms with E-state index >= 15 is 0 Å². The zero-order valence-electron chi connectivity index (χ0n) is 17.7. The third kappa shape index (κ3) is 2.47. The minimum atomic E-state index is -0.0982. The SMILES string of the molecule is C[C@]12CC[C@H]3[C@@H](CC=C4CC(=O)CC[C@@]43C)[C@@H]1CC[C@@H]2[C@@]1(C)CC=CC(=O)N1. The van der Waals surface area contributed by atoms with Gasteiger partial charge in [0.25, 0.3) is 0 Å². The molecule has 7 atom stereocenters. The molecule has 3 saturated carbocycles. The Kier molecular flexibility index (Phi) is 4.03. The van der Waals surface area contributed by atoms with Gasteiger partial charge in [0.05, 0.1) is 0 Å². The number of nitrogens with one attached hydrogen (secondary N) is 1. The fourth-order valence-electron chi connectivity index (χ4n) is 8.54. The molecule has 1 amide bonds. The van der Waals surface area contributed by atoms with Gasteiger partial charge in [-0.25, -0.2) is 0 Å². The van der Waals surface area contributed by atoms with Crippen LogP contribution in [0.5, 0.6) is 0 Å². The predicted octanol–water partition coefficient (Wildman–Crippen LogP) is 4.97. The summed E-state index contributed by atoms with van der Waals surface area (Å²) in [7, 11) is 0. The molecule has 1 heterocycles. The van der Waals surface area contributed by atoms with Gasteiger partial charge in [-0.2, -0.15) is 0 Å². The Bertz CT molecular complexity index is 781. The van der Waals surface area contributed by atoms with E-state index in [0.29, 0.717) is 23.5 Å². The number of allylic oxidation sites excluding steroid dienone is 2. The van der Waals surface area contributed by atoms with Crippen molar-refractivity contribution in [3.8, 4) is 0 Å². The number of rotatable bonds is 1. The molecule has 5 rings (SSSR count). The molecule has 28 heavy (non-hydrogen) atoms. The highest BCUT2D eigenvalue weighted by Gasteiger charge is 2.61. The Hall–Kier alpha value is -1.38. The third-order valence-electron chi connectivity index (χ3n) is 9.93. The van der Waals surface area contributed by atoms with Gasteiger partial charge >= 0.3 is 0 Å². The molecule has 0 aromatic heterocycles. The first-order chi connectivity index (χ1) is 13.3. The van der Waals surface area contributed by atoms with Crippen molar-refractivity contribution in [2.75, 3.05) is 0 Å². The molecule has 3 nitrogen and oxygen atoms in total. The van der Waals surface area contributed by atoms with Crippen LogP contribution in [0.3, 0.4) is 0 Å². The molecule has 0 bridgehead atoms. The van der Waals surface area contributed by atoms with E-state index in [1.807, 2.05) is 0 Å². The number of Topliss-reactive ketones (excluding diaryl/α,β-unsaturated/α-hetero) is 1. The summed E-state index contributed by atoms with van der Waals surface area (Å²) in [5.74, 6) is 3.33. The first-order valence-corrected chi connectivity index (χ1v) is 11.5. The molecule has 0 aromatic rings. The molecule has 152 valence electrons. The molecule has 1 aliphatic heterocycles. The van der Waals surface area contributed by atoms with E-state index < -0.39 is 0 Å². The second-order valence-corrected chi connectivity index (χ2v) is 11.2. The standard InChI is InChI=1S/C25H35NO2/c1-23-13-10-17(27)15-16(23)6-7-18-19-8-9-21(24(19,2)14-11-20(18)23)25(3)12-4-5-22(28)26-25/h4-6,18-21H,7-15H2,1-3H3,(H,26,28)/t18-,19-,20-,21-,23-,24-,25+/m0/s1. The number of carbonyl (C=O) groups excluding carboxylic acids is 2. The maximum absolute atomic E-state index is 12.1. The Morgan fingerprint density at radius 2 is 1.86 bits per heavy atom. The van der Waals surface area contributed by atoms with E-state index in [9.17, 15) is 9.59 Å². The Morgan fingerprint density at radius 1 is 1.04 bits per heavy atom. The lowest BCUT2D eigenvalue weighted by molar-refractivity contribution is -0.124. The molecule has 0 radical (unpaired) electrons. The number of hydrogen-bond acceptors (Lipinski definition) is 2. The van der Waals surface area contributed by atoms with E-state index in [0.717, 1.165) is 37.0 Å². The van der Waals surface area contributed by atoms with E-state index in [1.54, 1.807) is 6.08 Å². The molecular formula is C25H35NO2. The molecular weight excluding hydrogens is 346 g/mol. The van der Waals surface area contributed by atoms with Crippen molar-refractivity contribution in [2.45, 2.75) is 84.1 Å². The number of amides is 1. The van der Waals surface area contributed by atoms with E-state index in [-0.39, 0.29) is 16.9 Å². The van der Waals surface area contributed by atoms with Gasteiger partial charge in [0, 0.05) is 18.4 Å². The fraction of sp³-hybridized carbons (Fsp3) is 0.760. The lowest BCUT2D eigenvalue weighted by Crippen LogP contribution is -2.58. The summed E-state index contributed by atoms with van der Waals surface area (Å²) >= 11 is 0. The van der Waals surface area contributed by atoms with E-state index in [1.165, 1.54) is 37.7 Å². The average Bonchev–Trinajstić information content (AvgIpc) is 3.00. The second-order valence-electron chi connectivity index (χ2n) is 11.2. The molecule has 0 spiro atoms. The summed E-state index contributed by atoms with van der Waals surface area (Å²) in [6.45, 7) is 7.28. The summed E-state index contributed by atoms with van der Waals surface area (Å²) < 4.78 is 0. The maximum atomic E-state index is 12.1. The largest absolute Gasteiger partial charge is 0.347 e. The van der Waals surface area contributed by atoms with Gasteiger partial charge in [-0.3, -0.25) is 9.59 Å². The molecule has 1 N–H and O–H groups in total. The quantitative estimate of drug-likeness (QED) is 0.652. The lowest BCUT2D eigenvalue weighted by atomic mass is 9.46. The first-order valence-electron chi connectivity index (χ1n) is 11.5. The van der Waals surface area contributed by atoms with Crippen LogP contribution in [-0.2, 0) is 9.59 Å². The van der Waals surface area contributed by atoms with Crippen LogP contribution in [0.4, 0.5) is 0 Å². The summed E-state index contributed by atoms with van der Waals surface area (Å²) in [4.78, 5) is 24.2. The van der Waals surface area contributed by atoms with Crippen LogP contribution in [0.25, 0.3) is 0 Å². The molecule has 3 fully saturated rings. The highest BCUT2D eigenvalue weighted by Crippen LogP contribution is 2.67. The van der Waals surface area contributed by atoms with Crippen molar-refractivity contribution in [3.05, 3.63) is 23.8 Å². The Morgan fingerprint density at radius 3 is 2.64 bits per heavy atom. The van der Waals surface area contributed by atoms with Crippen molar-refractivity contribution in [3.63, 3.8) is 0 Å². The average molecular weight is 382 g/mol. The van der Waals surface area contributed by atoms with Crippen LogP contribution in [-0.4, -0.2) is 17.2 Å². The summed E-state index contributed by atoms with van der Waals surface area (Å²) in [6, 6.07) is 0. The lowest BCUT2D eigenvalue weighted by Gasteiger charge is -2.59. The molecule has 0 aromatic carbocycles. The molecule has 4 aliphatic carbocycles. The van der Waals surface area contributed by atoms with Crippen LogP contribution < -0.4 is 5.32 Å². The summed E-state index contributed by atoms with van der Waals surface area (Å²) in [6.07, 6.45) is 16.0. The minimum Gasteiger partial charge on any atom is -0.347 e. The summed E-state index contributed by atoms with van der Waals surface area (Å²) in [5.41, 5.74) is 1.93. The van der Waals surface area contributed by atoms with Gasteiger partial charge in [-0.15, -0.1) is 0 Å². The summed E-state index contributed by atoms with van der Waals surface area (Å²) in [5, 5.41) is 3.35. The fourth-order valence-corrected chi connectivity index (χ4v) is 8.54. The third-order valence-corrected chi connectivity index (χ3v) is 9.93. The first kappa shape index (κ1) is 18.6. The Labute approximate surface area is 169 Å². The van der Waals surface area contributed by atoms with Gasteiger partial charge in [0.2, 0.25) is 5.91 Å². The number of fused-ring (bicyclic) bond motifs is 5. The number of carbonyl (C=O) groups is 2. The van der Waals surface area contributed by atoms with E-state index in [4.69, 9.17) is 0 Å². The molecule has 0 unspecified atom stereocenters. The number of hydrogen-bond donors (Lipinski definition) is 1. The molecule has 5 aliphatic rings. The van der Waals surface area contributed by atoms with Crippen LogP contribution in [0, 0.1) is 34.5 Å². The van der Waals surface area contributed by atoms with Crippen LogP contribution in [0.1, 0.15) is 78.6 Å². The van der Waals surface area contributed by atoms with Crippen LogP contribution in [0.15, 0.2) is 23.8 Å². The van der Waals surface area contributed by atoms with Gasteiger partial charge in [-0.05, 0) is 92.4 Å². The minimum absolute atomic E-state index is 0.0825.